The topological polar surface area (TPSA) is 69.6 Å². The molecule has 176 valence electrons. The number of carbonyl (C=O) groups excluding carboxylic acids is 1. The average molecular weight is 525 g/mol. The van der Waals surface area contributed by atoms with Crippen molar-refractivity contribution in [2.24, 2.45) is 4.99 Å². The van der Waals surface area contributed by atoms with Crippen LogP contribution in [0, 0.1) is 0 Å². The number of para-hydroxylation sites is 2. The first-order valence-corrected chi connectivity index (χ1v) is 11.6. The summed E-state index contributed by atoms with van der Waals surface area (Å²) in [6.07, 6.45) is 1.77. The fourth-order valence-electron chi connectivity index (χ4n) is 3.34. The molecule has 0 N–H and O–H groups in total. The van der Waals surface area contributed by atoms with E-state index in [2.05, 4.69) is 20.9 Å². The molecule has 0 saturated carbocycles. The van der Waals surface area contributed by atoms with Gasteiger partial charge in [0.2, 0.25) is 0 Å². The van der Waals surface area contributed by atoms with Crippen molar-refractivity contribution in [3.05, 3.63) is 76.8 Å². The van der Waals surface area contributed by atoms with Gasteiger partial charge in [-0.2, -0.15) is 0 Å². The second kappa shape index (κ2) is 11.7. The molecule has 1 fully saturated rings. The van der Waals surface area contributed by atoms with E-state index in [1.165, 1.54) is 0 Å². The minimum absolute atomic E-state index is 0.00465. The van der Waals surface area contributed by atoms with Crippen molar-refractivity contribution in [1.29, 1.82) is 0 Å². The Bertz CT molecular complexity index is 1140. The molecular formula is C26H25BrN2O5. The third-order valence-electron chi connectivity index (χ3n) is 5.17. The zero-order valence-corrected chi connectivity index (χ0v) is 20.4. The zero-order valence-electron chi connectivity index (χ0n) is 18.8. The number of halogens is 1. The number of methoxy groups -OCH3 is 1. The maximum atomic E-state index is 12.3. The fraction of sp³-hybridized carbons (Fsp3) is 0.231. The third-order valence-corrected chi connectivity index (χ3v) is 5.79. The smallest absolute Gasteiger partial charge is 0.260 e. The van der Waals surface area contributed by atoms with E-state index >= 15 is 0 Å². The largest absolute Gasteiger partial charge is 0.493 e. The highest BCUT2D eigenvalue weighted by Crippen LogP contribution is 2.31. The molecule has 0 aliphatic carbocycles. The second-order valence-electron chi connectivity index (χ2n) is 7.48. The van der Waals surface area contributed by atoms with Gasteiger partial charge in [-0.25, -0.2) is 0 Å². The van der Waals surface area contributed by atoms with Gasteiger partial charge in [0.1, 0.15) is 11.5 Å². The van der Waals surface area contributed by atoms with Crippen molar-refractivity contribution in [3.63, 3.8) is 0 Å². The highest BCUT2D eigenvalue weighted by atomic mass is 79.9. The van der Waals surface area contributed by atoms with Gasteiger partial charge >= 0.3 is 0 Å². The highest BCUT2D eigenvalue weighted by Gasteiger charge is 2.17. The molecule has 7 nitrogen and oxygen atoms in total. The molecule has 3 aromatic rings. The van der Waals surface area contributed by atoms with Crippen LogP contribution in [0.5, 0.6) is 23.0 Å². The van der Waals surface area contributed by atoms with E-state index in [0.717, 1.165) is 15.7 Å². The summed E-state index contributed by atoms with van der Waals surface area (Å²) in [5.74, 6) is 2.59. The Morgan fingerprint density at radius 2 is 1.76 bits per heavy atom. The monoisotopic (exact) mass is 524 g/mol. The van der Waals surface area contributed by atoms with Gasteiger partial charge in [0.25, 0.3) is 5.91 Å². The van der Waals surface area contributed by atoms with E-state index < -0.39 is 0 Å². The van der Waals surface area contributed by atoms with Crippen LogP contribution in [-0.2, 0) is 9.53 Å². The lowest BCUT2D eigenvalue weighted by Gasteiger charge is -2.26. The number of hydrogen-bond acceptors (Lipinski definition) is 6. The Balaban J connectivity index is 1.33. The molecule has 0 atom stereocenters. The molecule has 1 heterocycles. The summed E-state index contributed by atoms with van der Waals surface area (Å²) in [6, 6.07) is 20.6. The van der Waals surface area contributed by atoms with Crippen LogP contribution in [0.4, 0.5) is 5.69 Å². The number of ether oxygens (including phenoxy) is 4. The molecule has 0 bridgehead atoms. The van der Waals surface area contributed by atoms with E-state index in [0.29, 0.717) is 49.3 Å². The van der Waals surface area contributed by atoms with Crippen LogP contribution in [0.25, 0.3) is 0 Å². The normalized spacial score (nSPS) is 13.6. The van der Waals surface area contributed by atoms with Crippen molar-refractivity contribution in [1.82, 2.24) is 4.90 Å². The van der Waals surface area contributed by atoms with Crippen LogP contribution >= 0.6 is 15.9 Å². The molecule has 34 heavy (non-hydrogen) atoms. The Labute approximate surface area is 207 Å². The second-order valence-corrected chi connectivity index (χ2v) is 8.33. The Hall–Kier alpha value is -3.36. The van der Waals surface area contributed by atoms with Gasteiger partial charge in [-0.15, -0.1) is 0 Å². The van der Waals surface area contributed by atoms with Crippen molar-refractivity contribution >= 4 is 33.7 Å². The molecular weight excluding hydrogens is 500 g/mol. The SMILES string of the molecule is COc1ccccc1Oc1ccc(N=Cc2ccc(OCC(=O)N3CCOCC3)c(Br)c2)cc1. The lowest BCUT2D eigenvalue weighted by atomic mass is 10.2. The molecule has 1 saturated heterocycles. The van der Waals surface area contributed by atoms with E-state index in [1.54, 1.807) is 18.2 Å². The quantitative estimate of drug-likeness (QED) is 0.377. The van der Waals surface area contributed by atoms with Crippen molar-refractivity contribution in [2.75, 3.05) is 40.0 Å². The van der Waals surface area contributed by atoms with Gasteiger partial charge in [0, 0.05) is 19.3 Å². The number of amides is 1. The van der Waals surface area contributed by atoms with Crippen molar-refractivity contribution in [3.8, 4) is 23.0 Å². The van der Waals surface area contributed by atoms with E-state index in [9.17, 15) is 4.79 Å². The van der Waals surface area contributed by atoms with E-state index in [-0.39, 0.29) is 12.5 Å². The predicted octanol–water partition coefficient (Wildman–Crippen LogP) is 5.24. The van der Waals surface area contributed by atoms with Crippen molar-refractivity contribution < 1.29 is 23.7 Å². The van der Waals surface area contributed by atoms with Gasteiger partial charge in [-0.3, -0.25) is 9.79 Å². The first-order chi connectivity index (χ1) is 16.6. The Morgan fingerprint density at radius 1 is 1.03 bits per heavy atom. The van der Waals surface area contributed by atoms with Crippen LogP contribution in [0.15, 0.2) is 76.2 Å². The van der Waals surface area contributed by atoms with Gasteiger partial charge in [0.05, 0.1) is 30.5 Å². The lowest BCUT2D eigenvalue weighted by molar-refractivity contribution is -0.137. The summed E-state index contributed by atoms with van der Waals surface area (Å²) in [5.41, 5.74) is 1.69. The number of hydrogen-bond donors (Lipinski definition) is 0. The third kappa shape index (κ3) is 6.36. The molecule has 0 radical (unpaired) electrons. The van der Waals surface area contributed by atoms with Crippen LogP contribution < -0.4 is 14.2 Å². The lowest BCUT2D eigenvalue weighted by Crippen LogP contribution is -2.43. The summed E-state index contributed by atoms with van der Waals surface area (Å²) in [7, 11) is 1.61. The highest BCUT2D eigenvalue weighted by molar-refractivity contribution is 9.10. The van der Waals surface area contributed by atoms with Crippen molar-refractivity contribution in [2.45, 2.75) is 0 Å². The molecule has 0 unspecified atom stereocenters. The van der Waals surface area contributed by atoms with E-state index in [1.807, 2.05) is 66.7 Å². The standard InChI is InChI=1S/C26H25BrN2O5/c1-31-24-4-2-3-5-25(24)34-21-9-7-20(8-10-21)28-17-19-6-11-23(22(27)16-19)33-18-26(30)29-12-14-32-15-13-29/h2-11,16-17H,12-15,18H2,1H3. The van der Waals surface area contributed by atoms with Gasteiger partial charge in [-0.1, -0.05) is 12.1 Å². The number of morpholine rings is 1. The van der Waals surface area contributed by atoms with Crippen LogP contribution in [0.3, 0.4) is 0 Å². The number of benzene rings is 3. The summed E-state index contributed by atoms with van der Waals surface area (Å²) in [4.78, 5) is 18.5. The maximum absolute atomic E-state index is 12.3. The first-order valence-electron chi connectivity index (χ1n) is 10.9. The molecule has 0 aromatic heterocycles. The van der Waals surface area contributed by atoms with Gasteiger partial charge in [0.15, 0.2) is 18.1 Å². The summed E-state index contributed by atoms with van der Waals surface area (Å²) < 4.78 is 22.9. The fourth-order valence-corrected chi connectivity index (χ4v) is 3.85. The predicted molar refractivity (Wildman–Crippen MR) is 134 cm³/mol. The zero-order chi connectivity index (χ0) is 23.8. The molecule has 8 heteroatoms. The summed E-state index contributed by atoms with van der Waals surface area (Å²) in [6.45, 7) is 2.34. The average Bonchev–Trinajstić information content (AvgIpc) is 2.88. The maximum Gasteiger partial charge on any atom is 0.260 e. The number of nitrogens with zero attached hydrogens (tertiary/aromatic N) is 2. The Morgan fingerprint density at radius 3 is 2.47 bits per heavy atom. The minimum Gasteiger partial charge on any atom is -0.493 e. The number of aliphatic imine (C=N–C) groups is 1. The molecule has 0 spiro atoms. The molecule has 1 aliphatic heterocycles. The molecule has 1 amide bonds. The van der Waals surface area contributed by atoms with E-state index in [4.69, 9.17) is 18.9 Å². The number of carbonyl (C=O) groups is 1. The summed E-state index contributed by atoms with van der Waals surface area (Å²) >= 11 is 3.51. The summed E-state index contributed by atoms with van der Waals surface area (Å²) in [5, 5.41) is 0. The first kappa shape index (κ1) is 23.8. The van der Waals surface area contributed by atoms with Crippen LogP contribution in [0.1, 0.15) is 5.56 Å². The molecule has 4 rings (SSSR count). The van der Waals surface area contributed by atoms with Gasteiger partial charge in [-0.05, 0) is 76.1 Å². The minimum atomic E-state index is -0.0426. The molecule has 1 aliphatic rings. The van der Waals surface area contributed by atoms with Crippen LogP contribution in [0.2, 0.25) is 0 Å². The Kier molecular flexibility index (Phi) is 8.17. The molecule has 3 aromatic carbocycles. The number of rotatable bonds is 8. The van der Waals surface area contributed by atoms with Crippen LogP contribution in [-0.4, -0.2) is 57.0 Å². The van der Waals surface area contributed by atoms with Gasteiger partial charge < -0.3 is 23.8 Å².